The van der Waals surface area contributed by atoms with Gasteiger partial charge in [0.15, 0.2) is 5.11 Å². The Morgan fingerprint density at radius 2 is 1.80 bits per heavy atom. The van der Waals surface area contributed by atoms with Gasteiger partial charge in [0.25, 0.3) is 17.5 Å². The summed E-state index contributed by atoms with van der Waals surface area (Å²) in [6, 6.07) is 10.8. The maximum atomic E-state index is 13.4. The van der Waals surface area contributed by atoms with E-state index in [-0.39, 0.29) is 27.3 Å². The Balaban J connectivity index is 1.76. The SMILES string of the molecule is CC(=O)N1CCN(c2ccc([N+](=O)[O-])cc2/C=C2/C(=O)NC(=S)N(c3ccccc3Cl)C2=O)CC1. The Kier molecular flexibility index (Phi) is 6.81. The van der Waals surface area contributed by atoms with Gasteiger partial charge in [0.1, 0.15) is 5.57 Å². The van der Waals surface area contributed by atoms with Crippen LogP contribution in [0.4, 0.5) is 17.1 Å². The molecule has 2 heterocycles. The van der Waals surface area contributed by atoms with E-state index in [1.165, 1.54) is 25.1 Å². The van der Waals surface area contributed by atoms with Crippen LogP contribution in [0.1, 0.15) is 12.5 Å². The molecule has 3 amide bonds. The van der Waals surface area contributed by atoms with Crippen LogP contribution in [0.3, 0.4) is 0 Å². The number of halogens is 1. The second-order valence-electron chi connectivity index (χ2n) is 7.90. The number of carbonyl (C=O) groups is 3. The van der Waals surface area contributed by atoms with E-state index >= 15 is 0 Å². The molecule has 0 spiro atoms. The van der Waals surface area contributed by atoms with E-state index in [0.717, 1.165) is 4.90 Å². The minimum Gasteiger partial charge on any atom is -0.367 e. The van der Waals surface area contributed by atoms with E-state index in [1.54, 1.807) is 35.2 Å². The summed E-state index contributed by atoms with van der Waals surface area (Å²) >= 11 is 11.5. The Morgan fingerprint density at radius 1 is 1.11 bits per heavy atom. The van der Waals surface area contributed by atoms with Crippen molar-refractivity contribution in [3.8, 4) is 0 Å². The summed E-state index contributed by atoms with van der Waals surface area (Å²) in [4.78, 5) is 53.5. The highest BCUT2D eigenvalue weighted by molar-refractivity contribution is 7.80. The van der Waals surface area contributed by atoms with E-state index in [2.05, 4.69) is 5.32 Å². The molecule has 0 saturated carbocycles. The van der Waals surface area contributed by atoms with Crippen molar-refractivity contribution in [2.24, 2.45) is 0 Å². The number of para-hydroxylation sites is 1. The Bertz CT molecular complexity index is 1290. The zero-order chi connectivity index (χ0) is 25.3. The number of piperazine rings is 1. The molecule has 0 atom stereocenters. The first-order chi connectivity index (χ1) is 16.7. The zero-order valence-corrected chi connectivity index (χ0v) is 20.1. The standard InChI is InChI=1S/C23H20ClN5O5S/c1-14(30)26-8-10-27(11-9-26)19-7-6-16(29(33)34)12-15(19)13-17-21(31)25-23(35)28(22(17)32)20-5-3-2-4-18(20)24/h2-7,12-13H,8-11H2,1H3,(H,25,31,35)/b17-13-. The lowest BCUT2D eigenvalue weighted by molar-refractivity contribution is -0.384. The number of benzene rings is 2. The van der Waals surface area contributed by atoms with Crippen LogP contribution in [0.25, 0.3) is 6.08 Å². The molecule has 2 aromatic carbocycles. The van der Waals surface area contributed by atoms with Crippen LogP contribution in [-0.4, -0.2) is 58.8 Å². The predicted molar refractivity (Wildman–Crippen MR) is 135 cm³/mol. The number of nitrogens with zero attached hydrogens (tertiary/aromatic N) is 4. The van der Waals surface area contributed by atoms with Gasteiger partial charge >= 0.3 is 0 Å². The van der Waals surface area contributed by atoms with Gasteiger partial charge in [-0.1, -0.05) is 23.7 Å². The number of amides is 3. The van der Waals surface area contributed by atoms with Crippen molar-refractivity contribution in [3.05, 3.63) is 68.7 Å². The van der Waals surface area contributed by atoms with Crippen molar-refractivity contribution in [2.75, 3.05) is 36.0 Å². The van der Waals surface area contributed by atoms with Gasteiger partial charge in [-0.25, -0.2) is 0 Å². The van der Waals surface area contributed by atoms with Gasteiger partial charge in [-0.15, -0.1) is 0 Å². The average molecular weight is 514 g/mol. The first-order valence-corrected chi connectivity index (χ1v) is 11.4. The number of carbonyl (C=O) groups excluding carboxylic acids is 3. The maximum absolute atomic E-state index is 13.4. The molecule has 2 aliphatic rings. The van der Waals surface area contributed by atoms with Crippen molar-refractivity contribution in [1.29, 1.82) is 0 Å². The van der Waals surface area contributed by atoms with Gasteiger partial charge in [0.2, 0.25) is 5.91 Å². The fourth-order valence-electron chi connectivity index (χ4n) is 3.99. The number of rotatable bonds is 4. The summed E-state index contributed by atoms with van der Waals surface area (Å²) in [5.41, 5.74) is 0.785. The number of hydrogen-bond donors (Lipinski definition) is 1. The minimum absolute atomic E-state index is 0.0317. The molecule has 2 saturated heterocycles. The zero-order valence-electron chi connectivity index (χ0n) is 18.6. The van der Waals surface area contributed by atoms with E-state index in [4.69, 9.17) is 23.8 Å². The van der Waals surface area contributed by atoms with Crippen molar-refractivity contribution >= 4 is 69.8 Å². The maximum Gasteiger partial charge on any atom is 0.270 e. The molecule has 4 rings (SSSR count). The highest BCUT2D eigenvalue weighted by atomic mass is 35.5. The summed E-state index contributed by atoms with van der Waals surface area (Å²) in [5.74, 6) is -1.45. The molecule has 0 radical (unpaired) electrons. The largest absolute Gasteiger partial charge is 0.367 e. The quantitative estimate of drug-likeness (QED) is 0.220. The molecule has 0 bridgehead atoms. The van der Waals surface area contributed by atoms with Crippen molar-refractivity contribution < 1.29 is 19.3 Å². The lowest BCUT2D eigenvalue weighted by Crippen LogP contribution is -2.54. The van der Waals surface area contributed by atoms with Gasteiger partial charge < -0.3 is 9.80 Å². The van der Waals surface area contributed by atoms with E-state index in [1.807, 2.05) is 4.90 Å². The normalized spacial score (nSPS) is 17.6. The number of anilines is 2. The second-order valence-corrected chi connectivity index (χ2v) is 8.70. The summed E-state index contributed by atoms with van der Waals surface area (Å²) < 4.78 is 0. The van der Waals surface area contributed by atoms with Gasteiger partial charge in [0, 0.05) is 56.5 Å². The fraction of sp³-hybridized carbons (Fsp3) is 0.217. The number of nitrogens with one attached hydrogen (secondary N) is 1. The molecule has 180 valence electrons. The number of thiocarbonyl (C=S) groups is 1. The molecule has 1 N–H and O–H groups in total. The summed E-state index contributed by atoms with van der Waals surface area (Å²) in [5, 5.41) is 14.1. The van der Waals surface area contributed by atoms with Crippen LogP contribution in [0.5, 0.6) is 0 Å². The topological polar surface area (TPSA) is 116 Å². The van der Waals surface area contributed by atoms with E-state index in [0.29, 0.717) is 43.1 Å². The minimum atomic E-state index is -0.720. The summed E-state index contributed by atoms with van der Waals surface area (Å²) in [6.45, 7) is 3.44. The molecule has 0 aliphatic carbocycles. The number of non-ortho nitro benzene ring substituents is 1. The third-order valence-electron chi connectivity index (χ3n) is 5.78. The monoisotopic (exact) mass is 513 g/mol. The summed E-state index contributed by atoms with van der Waals surface area (Å²) in [7, 11) is 0. The van der Waals surface area contributed by atoms with E-state index < -0.39 is 16.7 Å². The van der Waals surface area contributed by atoms with Gasteiger partial charge in [0.05, 0.1) is 15.6 Å². The third-order valence-corrected chi connectivity index (χ3v) is 6.39. The van der Waals surface area contributed by atoms with Gasteiger partial charge in [-0.2, -0.15) is 0 Å². The number of hydrogen-bond acceptors (Lipinski definition) is 7. The van der Waals surface area contributed by atoms with Crippen LogP contribution >= 0.6 is 23.8 Å². The highest BCUT2D eigenvalue weighted by Gasteiger charge is 2.36. The van der Waals surface area contributed by atoms with Crippen LogP contribution in [0.15, 0.2) is 48.0 Å². The average Bonchev–Trinajstić information content (AvgIpc) is 2.82. The molecular formula is C23H20ClN5O5S. The van der Waals surface area contributed by atoms with Crippen molar-refractivity contribution in [3.63, 3.8) is 0 Å². The molecule has 0 aromatic heterocycles. The Morgan fingerprint density at radius 3 is 2.43 bits per heavy atom. The lowest BCUT2D eigenvalue weighted by atomic mass is 10.0. The first kappa shape index (κ1) is 24.3. The smallest absolute Gasteiger partial charge is 0.270 e. The molecule has 2 aromatic rings. The molecular weight excluding hydrogens is 494 g/mol. The predicted octanol–water partition coefficient (Wildman–Crippen LogP) is 2.75. The number of nitro groups is 1. The molecule has 12 heteroatoms. The highest BCUT2D eigenvalue weighted by Crippen LogP contribution is 2.32. The molecule has 35 heavy (non-hydrogen) atoms. The fourth-order valence-corrected chi connectivity index (χ4v) is 4.48. The summed E-state index contributed by atoms with van der Waals surface area (Å²) in [6.07, 6.45) is 1.32. The Hall–Kier alpha value is -3.83. The third kappa shape index (κ3) is 4.86. The van der Waals surface area contributed by atoms with E-state index in [9.17, 15) is 24.5 Å². The van der Waals surface area contributed by atoms with Crippen LogP contribution < -0.4 is 15.1 Å². The molecule has 2 aliphatic heterocycles. The second kappa shape index (κ2) is 9.80. The number of nitro benzene ring substituents is 1. The van der Waals surface area contributed by atoms with Crippen LogP contribution in [0, 0.1) is 10.1 Å². The Labute approximate surface area is 210 Å². The lowest BCUT2D eigenvalue weighted by Gasteiger charge is -2.36. The van der Waals surface area contributed by atoms with Gasteiger partial charge in [-0.05, 0) is 36.5 Å². The molecule has 2 fully saturated rings. The molecule has 0 unspecified atom stereocenters. The van der Waals surface area contributed by atoms with Crippen molar-refractivity contribution in [1.82, 2.24) is 10.2 Å². The van der Waals surface area contributed by atoms with Crippen molar-refractivity contribution in [2.45, 2.75) is 6.92 Å². The van der Waals surface area contributed by atoms with Gasteiger partial charge in [-0.3, -0.25) is 34.7 Å². The van der Waals surface area contributed by atoms with Crippen LogP contribution in [0.2, 0.25) is 5.02 Å². The first-order valence-electron chi connectivity index (χ1n) is 10.6. The molecule has 10 nitrogen and oxygen atoms in total. The van der Waals surface area contributed by atoms with Crippen LogP contribution in [-0.2, 0) is 14.4 Å².